The molecule has 1 aliphatic carbocycles. The minimum Gasteiger partial charge on any atom is -0.355 e. The summed E-state index contributed by atoms with van der Waals surface area (Å²) in [4.78, 5) is 22.1. The maximum absolute atomic E-state index is 12.9. The molecule has 116 valence electrons. The molecule has 3 N–H and O–H groups in total. The van der Waals surface area contributed by atoms with Crippen LogP contribution in [0.15, 0.2) is 0 Å². The minimum atomic E-state index is -4.44. The van der Waals surface area contributed by atoms with Crippen molar-refractivity contribution in [2.75, 3.05) is 13.1 Å². The lowest BCUT2D eigenvalue weighted by Crippen LogP contribution is -2.53. The van der Waals surface area contributed by atoms with Crippen LogP contribution in [0.3, 0.4) is 0 Å². The van der Waals surface area contributed by atoms with Gasteiger partial charge in [-0.3, -0.25) is 4.79 Å². The van der Waals surface area contributed by atoms with Gasteiger partial charge in [-0.25, -0.2) is 4.79 Å². The monoisotopic (exact) mass is 295 g/mol. The molecule has 1 rings (SSSR count). The third-order valence-corrected chi connectivity index (χ3v) is 3.29. The zero-order valence-electron chi connectivity index (χ0n) is 11.3. The largest absolute Gasteiger partial charge is 0.408 e. The summed E-state index contributed by atoms with van der Waals surface area (Å²) in [7, 11) is 0. The van der Waals surface area contributed by atoms with Crippen LogP contribution in [0.5, 0.6) is 0 Å². The van der Waals surface area contributed by atoms with Crippen molar-refractivity contribution in [3.05, 3.63) is 0 Å². The molecule has 0 radical (unpaired) electrons. The second-order valence-corrected chi connectivity index (χ2v) is 4.95. The molecule has 1 saturated carbocycles. The number of urea groups is 1. The summed E-state index contributed by atoms with van der Waals surface area (Å²) in [5.74, 6) is -0.803. The molecule has 20 heavy (non-hydrogen) atoms. The molecule has 0 bridgehead atoms. The maximum atomic E-state index is 12.9. The molecule has 1 atom stereocenters. The first-order chi connectivity index (χ1) is 9.30. The zero-order chi connectivity index (χ0) is 15.2. The predicted molar refractivity (Wildman–Crippen MR) is 67.0 cm³/mol. The number of carbonyl (C=O) groups is 2. The van der Waals surface area contributed by atoms with Gasteiger partial charge in [0.2, 0.25) is 5.91 Å². The van der Waals surface area contributed by atoms with Crippen LogP contribution >= 0.6 is 0 Å². The van der Waals surface area contributed by atoms with Gasteiger partial charge in [-0.2, -0.15) is 13.2 Å². The van der Waals surface area contributed by atoms with Gasteiger partial charge in [0.1, 0.15) is 6.04 Å². The van der Waals surface area contributed by atoms with E-state index in [0.717, 1.165) is 12.8 Å². The van der Waals surface area contributed by atoms with Gasteiger partial charge in [0.05, 0.1) is 0 Å². The van der Waals surface area contributed by atoms with Crippen LogP contribution in [0, 0.1) is 5.92 Å². The highest BCUT2D eigenvalue weighted by molar-refractivity contribution is 5.75. The molecule has 0 aromatic heterocycles. The molecular weight excluding hydrogens is 275 g/mol. The maximum Gasteiger partial charge on any atom is 0.408 e. The molecule has 0 heterocycles. The molecule has 0 aromatic rings. The van der Waals surface area contributed by atoms with Crippen LogP contribution in [0.1, 0.15) is 32.6 Å². The van der Waals surface area contributed by atoms with Crippen molar-refractivity contribution in [3.63, 3.8) is 0 Å². The standard InChI is InChI=1S/C12H20F3N3O2/c1-8(19)16-6-7-17-11(20)18-10(12(13,14)15)9-4-2-3-5-9/h9-10H,2-7H2,1H3,(H,16,19)(H2,17,18,20)/t10-/m1/s1. The molecular formula is C12H20F3N3O2. The van der Waals surface area contributed by atoms with Crippen LogP contribution in [-0.4, -0.2) is 37.2 Å². The number of alkyl halides is 3. The SMILES string of the molecule is CC(=O)NCCNC(=O)N[C@H](C1CCCC1)C(F)(F)F. The van der Waals surface area contributed by atoms with Crippen molar-refractivity contribution >= 4 is 11.9 Å². The van der Waals surface area contributed by atoms with Gasteiger partial charge >= 0.3 is 12.2 Å². The van der Waals surface area contributed by atoms with Crippen molar-refractivity contribution in [1.29, 1.82) is 0 Å². The first-order valence-corrected chi connectivity index (χ1v) is 6.66. The Bertz CT molecular complexity index is 341. The highest BCUT2D eigenvalue weighted by atomic mass is 19.4. The highest BCUT2D eigenvalue weighted by Gasteiger charge is 2.46. The second kappa shape index (κ2) is 7.35. The number of amides is 3. The average molecular weight is 295 g/mol. The van der Waals surface area contributed by atoms with E-state index < -0.39 is 24.2 Å². The quantitative estimate of drug-likeness (QED) is 0.673. The fourth-order valence-corrected chi connectivity index (χ4v) is 2.36. The number of halogens is 3. The van der Waals surface area contributed by atoms with E-state index in [0.29, 0.717) is 12.8 Å². The summed E-state index contributed by atoms with van der Waals surface area (Å²) in [6.45, 7) is 1.59. The molecule has 0 saturated heterocycles. The Morgan fingerprint density at radius 3 is 2.20 bits per heavy atom. The molecule has 0 spiro atoms. The highest BCUT2D eigenvalue weighted by Crippen LogP contribution is 2.35. The van der Waals surface area contributed by atoms with Crippen LogP contribution in [0.25, 0.3) is 0 Å². The van der Waals surface area contributed by atoms with Crippen LogP contribution in [-0.2, 0) is 4.79 Å². The summed E-state index contributed by atoms with van der Waals surface area (Å²) in [5.41, 5.74) is 0. The molecule has 0 aromatic carbocycles. The Balaban J connectivity index is 2.40. The Morgan fingerprint density at radius 2 is 1.70 bits per heavy atom. The van der Waals surface area contributed by atoms with E-state index in [4.69, 9.17) is 0 Å². The average Bonchev–Trinajstić information content (AvgIpc) is 2.83. The molecule has 5 nitrogen and oxygen atoms in total. The van der Waals surface area contributed by atoms with Crippen molar-refractivity contribution in [3.8, 4) is 0 Å². The lowest BCUT2D eigenvalue weighted by Gasteiger charge is -2.27. The lowest BCUT2D eigenvalue weighted by molar-refractivity contribution is -0.164. The van der Waals surface area contributed by atoms with E-state index in [-0.39, 0.29) is 19.0 Å². The molecule has 3 amide bonds. The van der Waals surface area contributed by atoms with Gasteiger partial charge in [-0.1, -0.05) is 12.8 Å². The number of carbonyl (C=O) groups excluding carboxylic acids is 2. The minimum absolute atomic E-state index is 0.0840. The molecule has 1 aliphatic rings. The number of hydrogen-bond donors (Lipinski definition) is 3. The normalized spacial score (nSPS) is 17.6. The summed E-state index contributed by atoms with van der Waals surface area (Å²) >= 11 is 0. The van der Waals surface area contributed by atoms with Gasteiger partial charge in [-0.05, 0) is 18.8 Å². The smallest absolute Gasteiger partial charge is 0.355 e. The predicted octanol–water partition coefficient (Wildman–Crippen LogP) is 1.54. The van der Waals surface area contributed by atoms with Crippen molar-refractivity contribution in [2.24, 2.45) is 5.92 Å². The summed E-state index contributed by atoms with van der Waals surface area (Å²) in [5, 5.41) is 6.73. The van der Waals surface area contributed by atoms with Crippen molar-refractivity contribution < 1.29 is 22.8 Å². The molecule has 8 heteroatoms. The second-order valence-electron chi connectivity index (χ2n) is 4.95. The van der Waals surface area contributed by atoms with Crippen LogP contribution in [0.2, 0.25) is 0 Å². The van der Waals surface area contributed by atoms with Crippen LogP contribution < -0.4 is 16.0 Å². The van der Waals surface area contributed by atoms with Gasteiger partial charge in [-0.15, -0.1) is 0 Å². The zero-order valence-corrected chi connectivity index (χ0v) is 11.3. The van der Waals surface area contributed by atoms with Gasteiger partial charge < -0.3 is 16.0 Å². The van der Waals surface area contributed by atoms with Gasteiger partial charge in [0.15, 0.2) is 0 Å². The lowest BCUT2D eigenvalue weighted by atomic mass is 9.98. The van der Waals surface area contributed by atoms with Crippen LogP contribution in [0.4, 0.5) is 18.0 Å². The Morgan fingerprint density at radius 1 is 1.15 bits per heavy atom. The van der Waals surface area contributed by atoms with Gasteiger partial charge in [0, 0.05) is 20.0 Å². The van der Waals surface area contributed by atoms with Crippen molar-refractivity contribution in [2.45, 2.75) is 44.8 Å². The first-order valence-electron chi connectivity index (χ1n) is 6.66. The third kappa shape index (κ3) is 5.66. The van der Waals surface area contributed by atoms with E-state index in [1.165, 1.54) is 6.92 Å². The Labute approximate surface area is 115 Å². The summed E-state index contributed by atoms with van der Waals surface area (Å²) in [6, 6.07) is -2.66. The Kier molecular flexibility index (Phi) is 6.09. The fourth-order valence-electron chi connectivity index (χ4n) is 2.36. The summed E-state index contributed by atoms with van der Waals surface area (Å²) in [6.07, 6.45) is -1.94. The van der Waals surface area contributed by atoms with E-state index in [9.17, 15) is 22.8 Å². The Hall–Kier alpha value is -1.47. The summed E-state index contributed by atoms with van der Waals surface area (Å²) < 4.78 is 38.8. The first kappa shape index (κ1) is 16.6. The third-order valence-electron chi connectivity index (χ3n) is 3.29. The number of hydrogen-bond acceptors (Lipinski definition) is 2. The van der Waals surface area contributed by atoms with E-state index in [1.54, 1.807) is 0 Å². The van der Waals surface area contributed by atoms with Gasteiger partial charge in [0.25, 0.3) is 0 Å². The number of nitrogens with one attached hydrogen (secondary N) is 3. The molecule has 0 unspecified atom stereocenters. The fraction of sp³-hybridized carbons (Fsp3) is 0.833. The topological polar surface area (TPSA) is 70.2 Å². The van der Waals surface area contributed by atoms with E-state index in [2.05, 4.69) is 10.6 Å². The van der Waals surface area contributed by atoms with E-state index in [1.807, 2.05) is 5.32 Å². The van der Waals surface area contributed by atoms with Crippen molar-refractivity contribution in [1.82, 2.24) is 16.0 Å². The molecule has 1 fully saturated rings. The molecule has 0 aliphatic heterocycles. The van der Waals surface area contributed by atoms with E-state index >= 15 is 0 Å². The number of rotatable bonds is 5.